The fourth-order valence-corrected chi connectivity index (χ4v) is 3.84. The van der Waals surface area contributed by atoms with Gasteiger partial charge in [-0.3, -0.25) is 14.6 Å². The van der Waals surface area contributed by atoms with Gasteiger partial charge in [-0.05, 0) is 24.8 Å². The predicted octanol–water partition coefficient (Wildman–Crippen LogP) is 0.921. The normalized spacial score (nSPS) is 12.5. The zero-order valence-electron chi connectivity index (χ0n) is 12.6. The molecule has 0 saturated heterocycles. The van der Waals surface area contributed by atoms with Gasteiger partial charge in [0.15, 0.2) is 12.3 Å². The maximum Gasteiger partial charge on any atom is 0.359 e. The third-order valence-electron chi connectivity index (χ3n) is 3.53. The highest BCUT2D eigenvalue weighted by Crippen LogP contribution is 2.38. The number of nitrogens with one attached hydrogen (secondary N) is 1. The molecule has 0 unspecified atom stereocenters. The van der Waals surface area contributed by atoms with E-state index < -0.39 is 24.4 Å². The Balaban J connectivity index is 1.64. The number of rotatable bonds is 5. The van der Waals surface area contributed by atoms with E-state index in [-0.39, 0.29) is 5.69 Å². The van der Waals surface area contributed by atoms with E-state index in [4.69, 9.17) is 10.5 Å². The zero-order chi connectivity index (χ0) is 17.1. The van der Waals surface area contributed by atoms with Gasteiger partial charge in [-0.15, -0.1) is 11.3 Å². The molecule has 2 aromatic heterocycles. The van der Waals surface area contributed by atoms with Gasteiger partial charge in [0, 0.05) is 17.3 Å². The summed E-state index contributed by atoms with van der Waals surface area (Å²) in [5.41, 5.74) is 6.71. The SMILES string of the molecule is NC(=O)c1c(NC(=O)COC(=O)c2cnccn2)sc2c1CCC2. The predicted molar refractivity (Wildman–Crippen MR) is 85.8 cm³/mol. The molecule has 2 amide bonds. The summed E-state index contributed by atoms with van der Waals surface area (Å²) in [6, 6.07) is 0. The van der Waals surface area contributed by atoms with Crippen LogP contribution < -0.4 is 11.1 Å². The molecule has 3 rings (SSSR count). The van der Waals surface area contributed by atoms with Crippen molar-refractivity contribution in [3.05, 3.63) is 40.3 Å². The average Bonchev–Trinajstić information content (AvgIpc) is 3.13. The topological polar surface area (TPSA) is 124 Å². The molecule has 0 spiro atoms. The number of esters is 1. The number of anilines is 1. The molecule has 0 aromatic carbocycles. The maximum absolute atomic E-state index is 12.0. The number of nitrogens with zero attached hydrogens (tertiary/aromatic N) is 2. The first kappa shape index (κ1) is 16.1. The van der Waals surface area contributed by atoms with Crippen LogP contribution in [-0.4, -0.2) is 34.4 Å². The van der Waals surface area contributed by atoms with E-state index >= 15 is 0 Å². The van der Waals surface area contributed by atoms with Crippen molar-refractivity contribution < 1.29 is 19.1 Å². The Morgan fingerprint density at radius 1 is 1.29 bits per heavy atom. The number of hydrogen-bond acceptors (Lipinski definition) is 7. The Kier molecular flexibility index (Phi) is 4.52. The van der Waals surface area contributed by atoms with Gasteiger partial charge in [0.25, 0.3) is 11.8 Å². The summed E-state index contributed by atoms with van der Waals surface area (Å²) < 4.78 is 4.87. The number of nitrogens with two attached hydrogens (primary N) is 1. The molecule has 0 bridgehead atoms. The van der Waals surface area contributed by atoms with Gasteiger partial charge in [0.1, 0.15) is 5.00 Å². The Morgan fingerprint density at radius 2 is 2.12 bits per heavy atom. The summed E-state index contributed by atoms with van der Waals surface area (Å²) in [5.74, 6) is -1.86. The third-order valence-corrected chi connectivity index (χ3v) is 4.73. The lowest BCUT2D eigenvalue weighted by atomic mass is 10.1. The van der Waals surface area contributed by atoms with Crippen LogP contribution in [0.3, 0.4) is 0 Å². The second-order valence-corrected chi connectivity index (χ2v) is 6.25. The Labute approximate surface area is 141 Å². The zero-order valence-corrected chi connectivity index (χ0v) is 13.4. The number of primary amides is 1. The van der Waals surface area contributed by atoms with E-state index in [2.05, 4.69) is 15.3 Å². The number of aromatic nitrogens is 2. The molecule has 124 valence electrons. The molecule has 1 aliphatic carbocycles. The van der Waals surface area contributed by atoms with Crippen LogP contribution in [0.1, 0.15) is 37.7 Å². The lowest BCUT2D eigenvalue weighted by Crippen LogP contribution is -2.23. The molecule has 8 nitrogen and oxygen atoms in total. The molecular weight excluding hydrogens is 332 g/mol. The number of amides is 2. The lowest BCUT2D eigenvalue weighted by molar-refractivity contribution is -0.119. The largest absolute Gasteiger partial charge is 0.451 e. The minimum atomic E-state index is -0.748. The van der Waals surface area contributed by atoms with Crippen LogP contribution in [0.4, 0.5) is 5.00 Å². The second kappa shape index (κ2) is 6.75. The van der Waals surface area contributed by atoms with Gasteiger partial charge >= 0.3 is 5.97 Å². The maximum atomic E-state index is 12.0. The van der Waals surface area contributed by atoms with Crippen molar-refractivity contribution in [3.63, 3.8) is 0 Å². The van der Waals surface area contributed by atoms with Crippen LogP contribution >= 0.6 is 11.3 Å². The first-order valence-electron chi connectivity index (χ1n) is 7.23. The minimum absolute atomic E-state index is 0.0122. The van der Waals surface area contributed by atoms with E-state index in [0.29, 0.717) is 10.6 Å². The van der Waals surface area contributed by atoms with E-state index in [0.717, 1.165) is 29.7 Å². The van der Waals surface area contributed by atoms with Crippen molar-refractivity contribution in [3.8, 4) is 0 Å². The summed E-state index contributed by atoms with van der Waals surface area (Å²) in [6.07, 6.45) is 6.65. The second-order valence-electron chi connectivity index (χ2n) is 5.14. The summed E-state index contributed by atoms with van der Waals surface area (Å²) >= 11 is 1.34. The highest BCUT2D eigenvalue weighted by molar-refractivity contribution is 7.17. The van der Waals surface area contributed by atoms with Gasteiger partial charge < -0.3 is 15.8 Å². The molecule has 3 N–H and O–H groups in total. The number of carbonyl (C=O) groups excluding carboxylic acids is 3. The third kappa shape index (κ3) is 3.25. The van der Waals surface area contributed by atoms with Gasteiger partial charge in [-0.2, -0.15) is 0 Å². The first-order valence-corrected chi connectivity index (χ1v) is 8.05. The number of ether oxygens (including phenoxy) is 1. The lowest BCUT2D eigenvalue weighted by Gasteiger charge is -2.06. The van der Waals surface area contributed by atoms with Crippen molar-refractivity contribution in [2.45, 2.75) is 19.3 Å². The Morgan fingerprint density at radius 3 is 2.83 bits per heavy atom. The molecule has 0 saturated carbocycles. The summed E-state index contributed by atoms with van der Waals surface area (Å²) in [5, 5.41) is 3.00. The molecule has 0 radical (unpaired) electrons. The van der Waals surface area contributed by atoms with Gasteiger partial charge in [-0.25, -0.2) is 9.78 Å². The molecule has 2 aromatic rings. The number of thiophene rings is 1. The number of fused-ring (bicyclic) bond motifs is 1. The molecular formula is C15H14N4O4S. The average molecular weight is 346 g/mol. The van der Waals surface area contributed by atoms with Crippen LogP contribution in [0, 0.1) is 0 Å². The minimum Gasteiger partial charge on any atom is -0.451 e. The molecule has 0 aliphatic heterocycles. The van der Waals surface area contributed by atoms with Crippen LogP contribution in [0.5, 0.6) is 0 Å². The van der Waals surface area contributed by atoms with Gasteiger partial charge in [0.2, 0.25) is 0 Å². The molecule has 9 heteroatoms. The molecule has 2 heterocycles. The van der Waals surface area contributed by atoms with Crippen molar-refractivity contribution in [2.24, 2.45) is 5.73 Å². The van der Waals surface area contributed by atoms with Crippen molar-refractivity contribution in [1.82, 2.24) is 9.97 Å². The van der Waals surface area contributed by atoms with E-state index in [1.165, 1.54) is 29.9 Å². The summed E-state index contributed by atoms with van der Waals surface area (Å²) in [4.78, 5) is 43.9. The molecule has 1 aliphatic rings. The van der Waals surface area contributed by atoms with Crippen LogP contribution in [0.15, 0.2) is 18.6 Å². The first-order chi connectivity index (χ1) is 11.6. The number of hydrogen-bond donors (Lipinski definition) is 2. The Hall–Kier alpha value is -2.81. The fraction of sp³-hybridized carbons (Fsp3) is 0.267. The van der Waals surface area contributed by atoms with Crippen molar-refractivity contribution >= 4 is 34.1 Å². The monoisotopic (exact) mass is 346 g/mol. The smallest absolute Gasteiger partial charge is 0.359 e. The Bertz CT molecular complexity index is 803. The van der Waals surface area contributed by atoms with E-state index in [9.17, 15) is 14.4 Å². The van der Waals surface area contributed by atoms with Crippen LogP contribution in [0.2, 0.25) is 0 Å². The quantitative estimate of drug-likeness (QED) is 0.776. The van der Waals surface area contributed by atoms with E-state index in [1.54, 1.807) is 0 Å². The van der Waals surface area contributed by atoms with Crippen molar-refractivity contribution in [2.75, 3.05) is 11.9 Å². The summed E-state index contributed by atoms with van der Waals surface area (Å²) in [7, 11) is 0. The fourth-order valence-electron chi connectivity index (χ4n) is 2.53. The standard InChI is InChI=1S/C15H14N4O4S/c16-13(21)12-8-2-1-3-10(8)24-14(12)19-11(20)7-23-15(22)9-6-17-4-5-18-9/h4-6H,1-3,7H2,(H2,16,21)(H,19,20). The molecule has 0 fully saturated rings. The number of aryl methyl sites for hydroxylation is 1. The highest BCUT2D eigenvalue weighted by Gasteiger charge is 2.26. The summed E-state index contributed by atoms with van der Waals surface area (Å²) in [6.45, 7) is -0.490. The molecule has 24 heavy (non-hydrogen) atoms. The van der Waals surface area contributed by atoms with Gasteiger partial charge in [0.05, 0.1) is 11.8 Å². The van der Waals surface area contributed by atoms with Gasteiger partial charge in [-0.1, -0.05) is 0 Å². The van der Waals surface area contributed by atoms with Crippen LogP contribution in [0.25, 0.3) is 0 Å². The number of carbonyl (C=O) groups is 3. The highest BCUT2D eigenvalue weighted by atomic mass is 32.1. The van der Waals surface area contributed by atoms with Crippen molar-refractivity contribution in [1.29, 1.82) is 0 Å². The molecule has 0 atom stereocenters. The van der Waals surface area contributed by atoms with E-state index in [1.807, 2.05) is 0 Å². The van der Waals surface area contributed by atoms with Crippen LogP contribution in [-0.2, 0) is 22.4 Å².